The number of rotatable bonds is 7. The molecule has 0 aliphatic heterocycles. The Bertz CT molecular complexity index is 828. The average molecular weight is 373 g/mol. The van der Waals surface area contributed by atoms with Gasteiger partial charge in [0.05, 0.1) is 23.4 Å². The van der Waals surface area contributed by atoms with Crippen molar-refractivity contribution in [2.24, 2.45) is 0 Å². The molecule has 2 aromatic carbocycles. The van der Waals surface area contributed by atoms with E-state index in [1.54, 1.807) is 30.3 Å². The molecule has 0 bridgehead atoms. The quantitative estimate of drug-likeness (QED) is 0.747. The second kappa shape index (κ2) is 9.44. The fraction of sp³-hybridized carbons (Fsp3) is 0.211. The summed E-state index contributed by atoms with van der Waals surface area (Å²) in [7, 11) is 0. The van der Waals surface area contributed by atoms with Crippen LogP contribution in [0, 0.1) is 11.3 Å². The van der Waals surface area contributed by atoms with Crippen LogP contribution in [0.5, 0.6) is 5.75 Å². The van der Waals surface area contributed by atoms with Crippen molar-refractivity contribution in [3.63, 3.8) is 0 Å². The Kier molecular flexibility index (Phi) is 7.01. The normalized spacial score (nSPS) is 9.88. The van der Waals surface area contributed by atoms with Gasteiger partial charge < -0.3 is 14.8 Å². The fourth-order valence-corrected chi connectivity index (χ4v) is 2.20. The topological polar surface area (TPSA) is 88.4 Å². The highest BCUT2D eigenvalue weighted by atomic mass is 35.5. The number of nitrogens with zero attached hydrogens (tertiary/aromatic N) is 1. The molecule has 134 valence electrons. The van der Waals surface area contributed by atoms with E-state index in [4.69, 9.17) is 26.3 Å². The molecule has 0 aliphatic carbocycles. The molecule has 0 heterocycles. The number of anilines is 1. The first kappa shape index (κ1) is 19.3. The molecular formula is C19H17ClN2O4. The number of nitrogens with one attached hydrogen (secondary N) is 1. The van der Waals surface area contributed by atoms with Crippen LogP contribution in [-0.2, 0) is 9.53 Å². The van der Waals surface area contributed by atoms with E-state index in [1.165, 1.54) is 12.1 Å². The van der Waals surface area contributed by atoms with Crippen LogP contribution in [0.25, 0.3) is 0 Å². The average Bonchev–Trinajstić information content (AvgIpc) is 2.65. The number of carbonyl (C=O) groups is 2. The molecule has 6 nitrogen and oxygen atoms in total. The number of carbonyl (C=O) groups excluding carboxylic acids is 2. The predicted octanol–water partition coefficient (Wildman–Crippen LogP) is 3.80. The van der Waals surface area contributed by atoms with Gasteiger partial charge in [0, 0.05) is 5.02 Å². The second-order valence-electron chi connectivity index (χ2n) is 5.30. The van der Waals surface area contributed by atoms with Crippen molar-refractivity contribution >= 4 is 29.2 Å². The number of hydrogen-bond acceptors (Lipinski definition) is 5. The Morgan fingerprint density at radius 1 is 1.19 bits per heavy atom. The number of hydrogen-bond donors (Lipinski definition) is 1. The molecule has 0 fully saturated rings. The number of ether oxygens (including phenoxy) is 2. The lowest BCUT2D eigenvalue weighted by atomic mass is 10.2. The lowest BCUT2D eigenvalue weighted by Gasteiger charge is -2.09. The molecular weight excluding hydrogens is 356 g/mol. The van der Waals surface area contributed by atoms with Gasteiger partial charge in [-0.15, -0.1) is 0 Å². The van der Waals surface area contributed by atoms with E-state index in [1.807, 2.05) is 13.0 Å². The molecule has 0 spiro atoms. The Morgan fingerprint density at radius 3 is 2.58 bits per heavy atom. The summed E-state index contributed by atoms with van der Waals surface area (Å²) in [6.07, 6.45) is 0.888. The molecule has 1 amide bonds. The van der Waals surface area contributed by atoms with Gasteiger partial charge in [-0.2, -0.15) is 5.26 Å². The Morgan fingerprint density at radius 2 is 1.92 bits per heavy atom. The van der Waals surface area contributed by atoms with Gasteiger partial charge in [-0.25, -0.2) is 4.79 Å². The lowest BCUT2D eigenvalue weighted by molar-refractivity contribution is -0.119. The first-order valence-electron chi connectivity index (χ1n) is 7.93. The summed E-state index contributed by atoms with van der Waals surface area (Å²) >= 11 is 5.85. The van der Waals surface area contributed by atoms with Crippen molar-refractivity contribution in [1.82, 2.24) is 0 Å². The van der Waals surface area contributed by atoms with Gasteiger partial charge in [-0.1, -0.05) is 18.5 Å². The first-order valence-corrected chi connectivity index (χ1v) is 8.30. The highest BCUT2D eigenvalue weighted by Crippen LogP contribution is 2.20. The minimum absolute atomic E-state index is 0.261. The van der Waals surface area contributed by atoms with Crippen LogP contribution in [0.3, 0.4) is 0 Å². The Hall–Kier alpha value is -3.04. The van der Waals surface area contributed by atoms with Crippen molar-refractivity contribution in [2.45, 2.75) is 13.3 Å². The molecule has 2 aromatic rings. The zero-order valence-electron chi connectivity index (χ0n) is 14.1. The summed E-state index contributed by atoms with van der Waals surface area (Å²) in [5, 5.41) is 11.9. The van der Waals surface area contributed by atoms with Crippen molar-refractivity contribution in [3.05, 3.63) is 58.6 Å². The number of benzene rings is 2. The van der Waals surface area contributed by atoms with Crippen LogP contribution >= 0.6 is 11.6 Å². The smallest absolute Gasteiger partial charge is 0.338 e. The maximum atomic E-state index is 12.0. The van der Waals surface area contributed by atoms with E-state index in [2.05, 4.69) is 5.32 Å². The van der Waals surface area contributed by atoms with E-state index in [0.29, 0.717) is 22.9 Å². The minimum atomic E-state index is -0.631. The Labute approximate surface area is 156 Å². The monoisotopic (exact) mass is 372 g/mol. The van der Waals surface area contributed by atoms with Gasteiger partial charge >= 0.3 is 5.97 Å². The van der Waals surface area contributed by atoms with Crippen LogP contribution in [-0.4, -0.2) is 25.1 Å². The second-order valence-corrected chi connectivity index (χ2v) is 5.74. The van der Waals surface area contributed by atoms with Gasteiger partial charge in [0.15, 0.2) is 6.61 Å². The molecule has 0 saturated carbocycles. The summed E-state index contributed by atoms with van der Waals surface area (Å²) in [5.41, 5.74) is 0.831. The van der Waals surface area contributed by atoms with Gasteiger partial charge in [-0.05, 0) is 48.9 Å². The van der Waals surface area contributed by atoms with E-state index >= 15 is 0 Å². The molecule has 0 aliphatic rings. The van der Waals surface area contributed by atoms with Crippen LogP contribution in [0.4, 0.5) is 5.69 Å². The third kappa shape index (κ3) is 5.50. The van der Waals surface area contributed by atoms with Crippen molar-refractivity contribution < 1.29 is 19.1 Å². The fourth-order valence-electron chi connectivity index (χ4n) is 2.03. The van der Waals surface area contributed by atoms with E-state index in [0.717, 1.165) is 6.42 Å². The summed E-state index contributed by atoms with van der Waals surface area (Å²) in [4.78, 5) is 23.9. The molecule has 26 heavy (non-hydrogen) atoms. The van der Waals surface area contributed by atoms with Crippen molar-refractivity contribution in [2.75, 3.05) is 18.5 Å². The number of halogens is 1. The molecule has 1 N–H and O–H groups in total. The van der Waals surface area contributed by atoms with Gasteiger partial charge in [0.2, 0.25) is 0 Å². The highest BCUT2D eigenvalue weighted by Gasteiger charge is 2.12. The Balaban J connectivity index is 1.90. The van der Waals surface area contributed by atoms with Crippen LogP contribution in [0.15, 0.2) is 42.5 Å². The molecule has 0 radical (unpaired) electrons. The molecule has 7 heteroatoms. The molecule has 2 rings (SSSR count). The van der Waals surface area contributed by atoms with Crippen LogP contribution < -0.4 is 10.1 Å². The van der Waals surface area contributed by atoms with Gasteiger partial charge in [0.25, 0.3) is 5.91 Å². The zero-order chi connectivity index (χ0) is 18.9. The minimum Gasteiger partial charge on any atom is -0.494 e. The number of esters is 1. The third-order valence-corrected chi connectivity index (χ3v) is 3.51. The van der Waals surface area contributed by atoms with E-state index < -0.39 is 18.5 Å². The maximum absolute atomic E-state index is 12.0. The van der Waals surface area contributed by atoms with E-state index in [9.17, 15) is 9.59 Å². The zero-order valence-corrected chi connectivity index (χ0v) is 14.9. The standard InChI is InChI=1S/C19H17ClN2O4/c1-2-9-25-16-7-4-13(5-8-16)19(24)26-12-18(23)22-17-10-15(20)6-3-14(17)11-21/h3-8,10H,2,9,12H2,1H3,(H,22,23). The predicted molar refractivity (Wildman–Crippen MR) is 97.3 cm³/mol. The summed E-state index contributed by atoms with van der Waals surface area (Å²) in [5.74, 6) is -0.542. The first-order chi connectivity index (χ1) is 12.5. The van der Waals surface area contributed by atoms with Gasteiger partial charge in [0.1, 0.15) is 11.8 Å². The van der Waals surface area contributed by atoms with Crippen molar-refractivity contribution in [1.29, 1.82) is 5.26 Å². The van der Waals surface area contributed by atoms with Crippen LogP contribution in [0.2, 0.25) is 5.02 Å². The molecule has 0 atom stereocenters. The van der Waals surface area contributed by atoms with E-state index in [-0.39, 0.29) is 11.3 Å². The SMILES string of the molecule is CCCOc1ccc(C(=O)OCC(=O)Nc2cc(Cl)ccc2C#N)cc1. The third-order valence-electron chi connectivity index (χ3n) is 3.27. The summed E-state index contributed by atoms with van der Waals surface area (Å²) in [6.45, 7) is 2.11. The maximum Gasteiger partial charge on any atom is 0.338 e. The highest BCUT2D eigenvalue weighted by molar-refractivity contribution is 6.31. The van der Waals surface area contributed by atoms with Gasteiger partial charge in [-0.3, -0.25) is 4.79 Å². The molecule has 0 saturated heterocycles. The molecule has 0 aromatic heterocycles. The number of nitriles is 1. The lowest BCUT2D eigenvalue weighted by Crippen LogP contribution is -2.21. The number of amides is 1. The summed E-state index contributed by atoms with van der Waals surface area (Å²) < 4.78 is 10.4. The van der Waals surface area contributed by atoms with Crippen molar-refractivity contribution in [3.8, 4) is 11.8 Å². The van der Waals surface area contributed by atoms with Crippen LogP contribution in [0.1, 0.15) is 29.3 Å². The largest absolute Gasteiger partial charge is 0.494 e. The molecule has 0 unspecified atom stereocenters. The summed E-state index contributed by atoms with van der Waals surface area (Å²) in [6, 6.07) is 12.9.